The highest BCUT2D eigenvalue weighted by molar-refractivity contribution is 5.93. The molecule has 3 rings (SSSR count). The lowest BCUT2D eigenvalue weighted by Gasteiger charge is -2.12. The topological polar surface area (TPSA) is 58.1 Å². The number of aromatic nitrogens is 2. The van der Waals surface area contributed by atoms with Crippen LogP contribution in [0.25, 0.3) is 11.3 Å². The smallest absolute Gasteiger partial charge is 0.270 e. The third-order valence-corrected chi connectivity index (χ3v) is 3.68. The van der Waals surface area contributed by atoms with E-state index in [4.69, 9.17) is 0 Å². The van der Waals surface area contributed by atoms with E-state index < -0.39 is 0 Å². The summed E-state index contributed by atoms with van der Waals surface area (Å²) < 4.78 is 0. The van der Waals surface area contributed by atoms with Gasteiger partial charge < -0.3 is 10.2 Å². The maximum absolute atomic E-state index is 12.3. The van der Waals surface area contributed by atoms with E-state index in [-0.39, 0.29) is 11.9 Å². The molecule has 0 aromatic carbocycles. The van der Waals surface area contributed by atoms with Gasteiger partial charge in [0.05, 0.1) is 5.69 Å². The molecule has 1 atom stereocenters. The van der Waals surface area contributed by atoms with Crippen molar-refractivity contribution in [3.8, 4) is 11.3 Å². The zero-order chi connectivity index (χ0) is 14.7. The lowest BCUT2D eigenvalue weighted by Crippen LogP contribution is -2.36. The van der Waals surface area contributed by atoms with Crippen molar-refractivity contribution in [2.75, 3.05) is 20.1 Å². The number of nitrogens with zero attached hydrogens (tertiary/aromatic N) is 3. The van der Waals surface area contributed by atoms with Crippen LogP contribution in [-0.4, -0.2) is 47.0 Å². The van der Waals surface area contributed by atoms with E-state index in [1.54, 1.807) is 18.5 Å². The standard InChI is InChI=1S/C16H18N4O/c1-20-9-6-13(11-20)19-16(21)15-10-12(5-8-18-15)14-4-2-3-7-17-14/h2-5,7-8,10,13H,6,9,11H2,1H3,(H,19,21)/t13-/m1/s1. The van der Waals surface area contributed by atoms with Gasteiger partial charge in [-0.1, -0.05) is 6.07 Å². The van der Waals surface area contributed by atoms with Crippen molar-refractivity contribution < 1.29 is 4.79 Å². The molecule has 2 aromatic heterocycles. The largest absolute Gasteiger partial charge is 0.347 e. The van der Waals surface area contributed by atoms with E-state index in [1.165, 1.54) is 0 Å². The lowest BCUT2D eigenvalue weighted by molar-refractivity contribution is 0.0933. The van der Waals surface area contributed by atoms with Crippen LogP contribution in [0.3, 0.4) is 0 Å². The Balaban J connectivity index is 1.75. The number of amides is 1. The Bertz CT molecular complexity index is 629. The number of rotatable bonds is 3. The van der Waals surface area contributed by atoms with Crippen LogP contribution in [0.2, 0.25) is 0 Å². The highest BCUT2D eigenvalue weighted by atomic mass is 16.1. The summed E-state index contributed by atoms with van der Waals surface area (Å²) in [5.41, 5.74) is 2.18. The number of hydrogen-bond donors (Lipinski definition) is 1. The summed E-state index contributed by atoms with van der Waals surface area (Å²) in [6.07, 6.45) is 4.38. The summed E-state index contributed by atoms with van der Waals surface area (Å²) in [5, 5.41) is 3.04. The fourth-order valence-corrected chi connectivity index (χ4v) is 2.56. The third kappa shape index (κ3) is 3.25. The molecule has 0 aliphatic carbocycles. The van der Waals surface area contributed by atoms with Gasteiger partial charge in [-0.15, -0.1) is 0 Å². The number of nitrogens with one attached hydrogen (secondary N) is 1. The molecular formula is C16H18N4O. The predicted molar refractivity (Wildman–Crippen MR) is 80.8 cm³/mol. The second-order valence-corrected chi connectivity index (χ2v) is 5.37. The first-order chi connectivity index (χ1) is 10.2. The second-order valence-electron chi connectivity index (χ2n) is 5.37. The third-order valence-electron chi connectivity index (χ3n) is 3.68. The Kier molecular flexibility index (Phi) is 3.92. The Morgan fingerprint density at radius 3 is 2.90 bits per heavy atom. The van der Waals surface area contributed by atoms with Crippen LogP contribution >= 0.6 is 0 Å². The van der Waals surface area contributed by atoms with E-state index in [0.717, 1.165) is 30.8 Å². The predicted octanol–water partition coefficient (Wildman–Crippen LogP) is 1.58. The molecule has 1 aliphatic rings. The van der Waals surface area contributed by atoms with E-state index in [0.29, 0.717) is 5.69 Å². The van der Waals surface area contributed by atoms with Crippen LogP contribution in [0.1, 0.15) is 16.9 Å². The number of carbonyl (C=O) groups excluding carboxylic acids is 1. The van der Waals surface area contributed by atoms with E-state index in [1.807, 2.05) is 24.3 Å². The van der Waals surface area contributed by atoms with Gasteiger partial charge >= 0.3 is 0 Å². The molecule has 1 aliphatic heterocycles. The average Bonchev–Trinajstić information content (AvgIpc) is 2.93. The SMILES string of the molecule is CN1CC[C@@H](NC(=O)c2cc(-c3ccccn3)ccn2)C1. The first kappa shape index (κ1) is 13.7. The quantitative estimate of drug-likeness (QED) is 0.928. The maximum atomic E-state index is 12.3. The van der Waals surface area contributed by atoms with Crippen LogP contribution in [-0.2, 0) is 0 Å². The first-order valence-corrected chi connectivity index (χ1v) is 7.09. The van der Waals surface area contributed by atoms with Crippen LogP contribution in [0.4, 0.5) is 0 Å². The summed E-state index contributed by atoms with van der Waals surface area (Å²) in [6.45, 7) is 1.91. The molecule has 0 bridgehead atoms. The van der Waals surface area contributed by atoms with Gasteiger partial charge in [-0.25, -0.2) is 0 Å². The molecule has 108 valence electrons. The summed E-state index contributed by atoms with van der Waals surface area (Å²) in [5.74, 6) is -0.118. The molecule has 21 heavy (non-hydrogen) atoms. The van der Waals surface area contributed by atoms with Gasteiger partial charge in [-0.05, 0) is 44.3 Å². The van der Waals surface area contributed by atoms with Crippen molar-refractivity contribution in [2.24, 2.45) is 0 Å². The van der Waals surface area contributed by atoms with Crippen LogP contribution in [0.15, 0.2) is 42.7 Å². The van der Waals surface area contributed by atoms with Gasteiger partial charge in [-0.3, -0.25) is 14.8 Å². The van der Waals surface area contributed by atoms with Crippen LogP contribution in [0, 0.1) is 0 Å². The number of hydrogen-bond acceptors (Lipinski definition) is 4. The first-order valence-electron chi connectivity index (χ1n) is 7.09. The van der Waals surface area contributed by atoms with Gasteiger partial charge in [0.1, 0.15) is 5.69 Å². The van der Waals surface area contributed by atoms with Crippen LogP contribution < -0.4 is 5.32 Å². The Morgan fingerprint density at radius 2 is 2.19 bits per heavy atom. The molecule has 2 aromatic rings. The minimum Gasteiger partial charge on any atom is -0.347 e. The van der Waals surface area contributed by atoms with Gasteiger partial charge in [0.15, 0.2) is 0 Å². The Hall–Kier alpha value is -2.27. The number of likely N-dealkylation sites (tertiary alicyclic amines) is 1. The van der Waals surface area contributed by atoms with Crippen molar-refractivity contribution in [3.63, 3.8) is 0 Å². The zero-order valence-corrected chi connectivity index (χ0v) is 12.0. The maximum Gasteiger partial charge on any atom is 0.270 e. The molecule has 1 saturated heterocycles. The fourth-order valence-electron chi connectivity index (χ4n) is 2.56. The van der Waals surface area contributed by atoms with Gasteiger partial charge in [0.25, 0.3) is 5.91 Å². The second kappa shape index (κ2) is 6.01. The van der Waals surface area contributed by atoms with Crippen molar-refractivity contribution in [1.82, 2.24) is 20.2 Å². The molecule has 5 heteroatoms. The van der Waals surface area contributed by atoms with Gasteiger partial charge in [0, 0.05) is 30.5 Å². The molecular weight excluding hydrogens is 264 g/mol. The normalized spacial score (nSPS) is 18.6. The van der Waals surface area contributed by atoms with Crippen LogP contribution in [0.5, 0.6) is 0 Å². The minimum atomic E-state index is -0.118. The Labute approximate surface area is 124 Å². The van der Waals surface area contributed by atoms with E-state index in [9.17, 15) is 4.79 Å². The minimum absolute atomic E-state index is 0.118. The summed E-state index contributed by atoms with van der Waals surface area (Å²) >= 11 is 0. The molecule has 0 radical (unpaired) electrons. The average molecular weight is 282 g/mol. The summed E-state index contributed by atoms with van der Waals surface area (Å²) in [6, 6.07) is 9.58. The van der Waals surface area contributed by atoms with Gasteiger partial charge in [0.2, 0.25) is 0 Å². The molecule has 1 N–H and O–H groups in total. The molecule has 5 nitrogen and oxygen atoms in total. The Morgan fingerprint density at radius 1 is 1.29 bits per heavy atom. The number of likely N-dealkylation sites (N-methyl/N-ethyl adjacent to an activating group) is 1. The van der Waals surface area contributed by atoms with Crippen molar-refractivity contribution in [3.05, 3.63) is 48.4 Å². The summed E-state index contributed by atoms with van der Waals surface area (Å²) in [4.78, 5) is 23.0. The number of pyridine rings is 2. The summed E-state index contributed by atoms with van der Waals surface area (Å²) in [7, 11) is 2.06. The molecule has 1 amide bonds. The van der Waals surface area contributed by atoms with E-state index >= 15 is 0 Å². The lowest BCUT2D eigenvalue weighted by atomic mass is 10.1. The fraction of sp³-hybridized carbons (Fsp3) is 0.312. The molecule has 1 fully saturated rings. The molecule has 0 saturated carbocycles. The molecule has 3 heterocycles. The highest BCUT2D eigenvalue weighted by Crippen LogP contribution is 2.16. The van der Waals surface area contributed by atoms with Crippen molar-refractivity contribution in [1.29, 1.82) is 0 Å². The van der Waals surface area contributed by atoms with E-state index in [2.05, 4.69) is 27.2 Å². The van der Waals surface area contributed by atoms with Gasteiger partial charge in [-0.2, -0.15) is 0 Å². The number of carbonyl (C=O) groups is 1. The zero-order valence-electron chi connectivity index (χ0n) is 12.0. The van der Waals surface area contributed by atoms with Crippen molar-refractivity contribution >= 4 is 5.91 Å². The van der Waals surface area contributed by atoms with Crippen molar-refractivity contribution in [2.45, 2.75) is 12.5 Å². The highest BCUT2D eigenvalue weighted by Gasteiger charge is 2.22. The molecule has 0 spiro atoms. The molecule has 0 unspecified atom stereocenters. The monoisotopic (exact) mass is 282 g/mol.